The van der Waals surface area contributed by atoms with Gasteiger partial charge in [-0.1, -0.05) is 13.8 Å². The first-order valence-corrected chi connectivity index (χ1v) is 8.17. The highest BCUT2D eigenvalue weighted by molar-refractivity contribution is 5.96. The van der Waals surface area contributed by atoms with Crippen molar-refractivity contribution in [2.45, 2.75) is 39.2 Å². The lowest BCUT2D eigenvalue weighted by atomic mass is 9.96. The Kier molecular flexibility index (Phi) is 5.66. The summed E-state index contributed by atoms with van der Waals surface area (Å²) in [6, 6.07) is 4.18. The number of nitro groups is 1. The number of non-ortho nitro benzene ring substituents is 1. The van der Waals surface area contributed by atoms with Gasteiger partial charge in [0.1, 0.15) is 6.33 Å². The van der Waals surface area contributed by atoms with E-state index >= 15 is 0 Å². The molecular weight excluding hydrogens is 336 g/mol. The summed E-state index contributed by atoms with van der Waals surface area (Å²) in [5.41, 5.74) is 0.961. The Bertz CT molecular complexity index is 834. The number of aliphatic hydroxyl groups excluding tert-OH is 1. The van der Waals surface area contributed by atoms with E-state index in [9.17, 15) is 20.0 Å². The lowest BCUT2D eigenvalue weighted by Gasteiger charge is -2.23. The molecule has 8 nitrogen and oxygen atoms in total. The molecule has 1 heterocycles. The van der Waals surface area contributed by atoms with E-state index in [0.717, 1.165) is 5.69 Å². The molecule has 2 N–H and O–H groups in total. The molecule has 0 spiro atoms. The van der Waals surface area contributed by atoms with Crippen LogP contribution >= 0.6 is 0 Å². The van der Waals surface area contributed by atoms with Crippen molar-refractivity contribution in [3.8, 4) is 11.1 Å². The normalized spacial score (nSPS) is 11.5. The van der Waals surface area contributed by atoms with Crippen LogP contribution in [-0.4, -0.2) is 38.1 Å². The maximum atomic E-state index is 12.5. The van der Waals surface area contributed by atoms with Crippen LogP contribution in [0.4, 0.5) is 5.69 Å². The summed E-state index contributed by atoms with van der Waals surface area (Å²) in [5.74, 6) is -0.421. The second kappa shape index (κ2) is 7.57. The topological polar surface area (TPSA) is 118 Å². The summed E-state index contributed by atoms with van der Waals surface area (Å²) >= 11 is 0. The third-order valence-electron chi connectivity index (χ3n) is 3.84. The first kappa shape index (κ1) is 19.5. The van der Waals surface area contributed by atoms with Gasteiger partial charge in [0, 0.05) is 29.5 Å². The fourth-order valence-corrected chi connectivity index (χ4v) is 2.44. The minimum atomic E-state index is -0.846. The van der Waals surface area contributed by atoms with Crippen LogP contribution in [0.1, 0.15) is 49.7 Å². The average Bonchev–Trinajstić information content (AvgIpc) is 2.60. The standard InChI is InChI=1S/C18H22N4O4/c1-11(2)16-15(8-19-10-20-16)12-5-13(7-14(6-12)22(25)26)17(24)21-18(3,4)9-23/h5-8,10-11,23H,9H2,1-4H3,(H,21,24). The number of aromatic nitrogens is 2. The molecule has 1 aromatic heterocycles. The Morgan fingerprint density at radius 2 is 2.04 bits per heavy atom. The van der Waals surface area contributed by atoms with Crippen molar-refractivity contribution in [1.82, 2.24) is 15.3 Å². The second-order valence-electron chi connectivity index (χ2n) is 7.00. The van der Waals surface area contributed by atoms with E-state index < -0.39 is 16.4 Å². The highest BCUT2D eigenvalue weighted by atomic mass is 16.6. The summed E-state index contributed by atoms with van der Waals surface area (Å²) in [4.78, 5) is 31.6. The summed E-state index contributed by atoms with van der Waals surface area (Å²) in [6.45, 7) is 6.97. The Morgan fingerprint density at radius 3 is 2.62 bits per heavy atom. The molecule has 0 bridgehead atoms. The van der Waals surface area contributed by atoms with Crippen molar-refractivity contribution in [2.75, 3.05) is 6.61 Å². The van der Waals surface area contributed by atoms with Crippen LogP contribution in [0.5, 0.6) is 0 Å². The molecule has 0 unspecified atom stereocenters. The van der Waals surface area contributed by atoms with Crippen molar-refractivity contribution >= 4 is 11.6 Å². The number of hydrogen-bond acceptors (Lipinski definition) is 6. The minimum absolute atomic E-state index is 0.0814. The number of amides is 1. The lowest BCUT2D eigenvalue weighted by molar-refractivity contribution is -0.384. The summed E-state index contributed by atoms with van der Waals surface area (Å²) in [7, 11) is 0. The number of nitrogens with one attached hydrogen (secondary N) is 1. The zero-order valence-electron chi connectivity index (χ0n) is 15.2. The summed E-state index contributed by atoms with van der Waals surface area (Å²) in [5, 5.41) is 23.3. The fraction of sp³-hybridized carbons (Fsp3) is 0.389. The second-order valence-corrected chi connectivity index (χ2v) is 7.00. The molecule has 0 saturated heterocycles. The van der Waals surface area contributed by atoms with Gasteiger partial charge in [-0.3, -0.25) is 14.9 Å². The van der Waals surface area contributed by atoms with Crippen LogP contribution in [0.25, 0.3) is 11.1 Å². The Morgan fingerprint density at radius 1 is 1.35 bits per heavy atom. The maximum Gasteiger partial charge on any atom is 0.270 e. The smallest absolute Gasteiger partial charge is 0.270 e. The molecule has 0 aliphatic carbocycles. The van der Waals surface area contributed by atoms with Crippen LogP contribution in [0, 0.1) is 10.1 Å². The molecule has 0 aliphatic heterocycles. The van der Waals surface area contributed by atoms with E-state index in [0.29, 0.717) is 11.1 Å². The van der Waals surface area contributed by atoms with E-state index in [2.05, 4.69) is 15.3 Å². The minimum Gasteiger partial charge on any atom is -0.394 e. The highest BCUT2D eigenvalue weighted by Gasteiger charge is 2.23. The number of carbonyl (C=O) groups excluding carboxylic acids is 1. The van der Waals surface area contributed by atoms with Crippen molar-refractivity contribution in [1.29, 1.82) is 0 Å². The maximum absolute atomic E-state index is 12.5. The number of benzene rings is 1. The van der Waals surface area contributed by atoms with Crippen LogP contribution < -0.4 is 5.32 Å². The molecule has 0 atom stereocenters. The average molecular weight is 358 g/mol. The van der Waals surface area contributed by atoms with Gasteiger partial charge in [0.25, 0.3) is 11.6 Å². The molecule has 2 aromatic rings. The first-order chi connectivity index (χ1) is 12.1. The first-order valence-electron chi connectivity index (χ1n) is 8.17. The predicted octanol–water partition coefficient (Wildman–Crippen LogP) is 2.68. The summed E-state index contributed by atoms with van der Waals surface area (Å²) < 4.78 is 0. The van der Waals surface area contributed by atoms with Crippen LogP contribution in [-0.2, 0) is 0 Å². The SMILES string of the molecule is CC(C)c1ncncc1-c1cc(C(=O)NC(C)(C)CO)cc([N+](=O)[O-])c1. The van der Waals surface area contributed by atoms with Crippen LogP contribution in [0.3, 0.4) is 0 Å². The highest BCUT2D eigenvalue weighted by Crippen LogP contribution is 2.30. The van der Waals surface area contributed by atoms with Crippen molar-refractivity contribution in [2.24, 2.45) is 0 Å². The number of nitrogens with zero attached hydrogens (tertiary/aromatic N) is 3. The molecule has 2 rings (SSSR count). The van der Waals surface area contributed by atoms with Gasteiger partial charge in [-0.2, -0.15) is 0 Å². The van der Waals surface area contributed by atoms with Gasteiger partial charge in [-0.15, -0.1) is 0 Å². The van der Waals surface area contributed by atoms with Gasteiger partial charge < -0.3 is 10.4 Å². The zero-order chi connectivity index (χ0) is 19.5. The Hall–Kier alpha value is -2.87. The van der Waals surface area contributed by atoms with E-state index in [4.69, 9.17) is 0 Å². The van der Waals surface area contributed by atoms with Crippen LogP contribution in [0.2, 0.25) is 0 Å². The Balaban J connectivity index is 2.57. The van der Waals surface area contributed by atoms with Gasteiger partial charge >= 0.3 is 0 Å². The summed E-state index contributed by atoms with van der Waals surface area (Å²) in [6.07, 6.45) is 3.01. The molecule has 26 heavy (non-hydrogen) atoms. The van der Waals surface area contributed by atoms with E-state index in [1.807, 2.05) is 13.8 Å². The molecular formula is C18H22N4O4. The zero-order valence-corrected chi connectivity index (χ0v) is 15.2. The number of hydrogen-bond donors (Lipinski definition) is 2. The lowest BCUT2D eigenvalue weighted by Crippen LogP contribution is -2.46. The molecule has 0 fully saturated rings. The molecule has 1 amide bonds. The number of nitro benzene ring substituents is 1. The molecule has 8 heteroatoms. The third kappa shape index (κ3) is 4.40. The Labute approximate surface area is 151 Å². The van der Waals surface area contributed by atoms with Crippen LogP contribution in [0.15, 0.2) is 30.7 Å². The molecule has 0 saturated carbocycles. The number of aliphatic hydroxyl groups is 1. The van der Waals surface area contributed by atoms with Gasteiger partial charge in [0.15, 0.2) is 0 Å². The van der Waals surface area contributed by atoms with E-state index in [-0.39, 0.29) is 23.8 Å². The third-order valence-corrected chi connectivity index (χ3v) is 3.84. The molecule has 1 aromatic carbocycles. The fourth-order valence-electron chi connectivity index (χ4n) is 2.44. The largest absolute Gasteiger partial charge is 0.394 e. The molecule has 138 valence electrons. The predicted molar refractivity (Wildman–Crippen MR) is 96.8 cm³/mol. The van der Waals surface area contributed by atoms with E-state index in [1.165, 1.54) is 18.5 Å². The number of carbonyl (C=O) groups is 1. The van der Waals surface area contributed by atoms with Crippen molar-refractivity contribution < 1.29 is 14.8 Å². The monoisotopic (exact) mass is 358 g/mol. The van der Waals surface area contributed by atoms with Gasteiger partial charge in [-0.25, -0.2) is 9.97 Å². The van der Waals surface area contributed by atoms with Gasteiger partial charge in [-0.05, 0) is 31.4 Å². The van der Waals surface area contributed by atoms with Gasteiger partial charge in [0.05, 0.1) is 22.8 Å². The number of rotatable bonds is 6. The van der Waals surface area contributed by atoms with E-state index in [1.54, 1.807) is 26.1 Å². The van der Waals surface area contributed by atoms with Gasteiger partial charge in [0.2, 0.25) is 0 Å². The van der Waals surface area contributed by atoms with Crippen molar-refractivity contribution in [3.63, 3.8) is 0 Å². The molecule has 0 radical (unpaired) electrons. The quantitative estimate of drug-likeness (QED) is 0.605. The van der Waals surface area contributed by atoms with Crippen molar-refractivity contribution in [3.05, 3.63) is 52.1 Å². The molecule has 0 aliphatic rings.